The van der Waals surface area contributed by atoms with Crippen LogP contribution >= 0.6 is 0 Å². The van der Waals surface area contributed by atoms with Crippen molar-refractivity contribution in [3.63, 3.8) is 0 Å². The van der Waals surface area contributed by atoms with Gasteiger partial charge >= 0.3 is 0 Å². The van der Waals surface area contributed by atoms with Gasteiger partial charge in [0.2, 0.25) is 5.91 Å². The number of unbranched alkanes of at least 4 members (excludes halogenated alkanes) is 22. The van der Waals surface area contributed by atoms with Crippen LogP contribution in [0, 0.1) is 0 Å². The minimum atomic E-state index is -1.98. The molecule has 88 heavy (non-hydrogen) atoms. The first-order valence-corrected chi connectivity index (χ1v) is 33.8. The van der Waals surface area contributed by atoms with E-state index in [4.69, 9.17) is 28.4 Å². The zero-order valence-corrected chi connectivity index (χ0v) is 53.4. The molecular formula is C69H119NO18. The van der Waals surface area contributed by atoms with Crippen LogP contribution in [0.25, 0.3) is 0 Å². The van der Waals surface area contributed by atoms with E-state index in [0.29, 0.717) is 6.42 Å². The maximum atomic E-state index is 13.4. The third kappa shape index (κ3) is 32.5. The summed E-state index contributed by atoms with van der Waals surface area (Å²) in [6.07, 6.45) is 37.1. The molecular weight excluding hydrogens is 1130 g/mol. The molecule has 0 bridgehead atoms. The van der Waals surface area contributed by atoms with E-state index in [-0.39, 0.29) is 18.9 Å². The molecule has 0 aromatic rings. The zero-order valence-electron chi connectivity index (χ0n) is 53.4. The topological polar surface area (TPSA) is 307 Å². The SMILES string of the molecule is CC/C=C\C/C=C\C/C=C\C/C=C\C/C=C\C/C=C\CCCCCCCCCCCCCCC(=O)NC(COC1OC(CO)C(OC2OC(CO)C(OC3OC(CO)C(O)C(O)C3O)C(O)C2O)C(O)C1O)C(O)/C=C/CCCCCCCCCCCC. The number of aliphatic hydroxyl groups is 11. The number of carbonyl (C=O) groups is 1. The Balaban J connectivity index is 1.38. The predicted octanol–water partition coefficient (Wildman–Crippen LogP) is 8.32. The zero-order chi connectivity index (χ0) is 64.0. The number of hydrogen-bond donors (Lipinski definition) is 12. The van der Waals surface area contributed by atoms with E-state index in [1.807, 2.05) is 6.08 Å². The highest BCUT2D eigenvalue weighted by molar-refractivity contribution is 5.76. The van der Waals surface area contributed by atoms with Gasteiger partial charge < -0.3 is 89.9 Å². The quantitative estimate of drug-likeness (QED) is 0.0201. The molecule has 19 heteroatoms. The Morgan fingerprint density at radius 3 is 1.23 bits per heavy atom. The molecule has 1 amide bonds. The molecule has 3 aliphatic rings. The molecule has 508 valence electrons. The molecule has 0 radical (unpaired) electrons. The second-order valence-corrected chi connectivity index (χ2v) is 23.9. The summed E-state index contributed by atoms with van der Waals surface area (Å²) in [5.74, 6) is -0.282. The second kappa shape index (κ2) is 50.5. The van der Waals surface area contributed by atoms with Crippen molar-refractivity contribution >= 4 is 5.91 Å². The molecule has 3 aliphatic heterocycles. The number of allylic oxidation sites excluding steroid dienone is 13. The largest absolute Gasteiger partial charge is 0.394 e. The number of ether oxygens (including phenoxy) is 6. The Labute approximate surface area is 527 Å². The summed E-state index contributed by atoms with van der Waals surface area (Å²) in [4.78, 5) is 13.4. The smallest absolute Gasteiger partial charge is 0.220 e. The average molecular weight is 1250 g/mol. The highest BCUT2D eigenvalue weighted by Crippen LogP contribution is 2.33. The Morgan fingerprint density at radius 1 is 0.420 bits per heavy atom. The van der Waals surface area contributed by atoms with Crippen molar-refractivity contribution in [1.82, 2.24) is 5.32 Å². The molecule has 17 atom stereocenters. The van der Waals surface area contributed by atoms with Crippen LogP contribution in [0.15, 0.2) is 85.1 Å². The highest BCUT2D eigenvalue weighted by atomic mass is 16.8. The van der Waals surface area contributed by atoms with Gasteiger partial charge in [-0.2, -0.15) is 0 Å². The lowest BCUT2D eigenvalue weighted by molar-refractivity contribution is -0.379. The maximum absolute atomic E-state index is 13.4. The van der Waals surface area contributed by atoms with Gasteiger partial charge in [-0.05, 0) is 70.6 Å². The lowest BCUT2D eigenvalue weighted by Gasteiger charge is -2.48. The third-order valence-electron chi connectivity index (χ3n) is 16.4. The van der Waals surface area contributed by atoms with Crippen molar-refractivity contribution in [2.75, 3.05) is 26.4 Å². The summed E-state index contributed by atoms with van der Waals surface area (Å²) >= 11 is 0. The monoisotopic (exact) mass is 1250 g/mol. The van der Waals surface area contributed by atoms with Crippen LogP contribution in [0.2, 0.25) is 0 Å². The van der Waals surface area contributed by atoms with Crippen molar-refractivity contribution in [3.05, 3.63) is 85.1 Å². The van der Waals surface area contributed by atoms with E-state index >= 15 is 0 Å². The molecule has 3 rings (SSSR count). The fourth-order valence-electron chi connectivity index (χ4n) is 11.0. The van der Waals surface area contributed by atoms with Crippen LogP contribution < -0.4 is 5.32 Å². The normalized spacial score (nSPS) is 28.9. The molecule has 0 aliphatic carbocycles. The first-order chi connectivity index (χ1) is 42.8. The highest BCUT2D eigenvalue weighted by Gasteiger charge is 2.53. The molecule has 0 aromatic heterocycles. The molecule has 0 spiro atoms. The Bertz CT molecular complexity index is 1930. The molecule has 17 unspecified atom stereocenters. The van der Waals surface area contributed by atoms with E-state index in [2.05, 4.69) is 92.1 Å². The number of aliphatic hydroxyl groups excluding tert-OH is 11. The van der Waals surface area contributed by atoms with Crippen molar-refractivity contribution in [3.8, 4) is 0 Å². The fourth-order valence-corrected chi connectivity index (χ4v) is 11.0. The summed E-state index contributed by atoms with van der Waals surface area (Å²) in [7, 11) is 0. The Hall–Kier alpha value is -3.03. The van der Waals surface area contributed by atoms with Crippen LogP contribution in [0.1, 0.15) is 213 Å². The van der Waals surface area contributed by atoms with Crippen molar-refractivity contribution in [1.29, 1.82) is 0 Å². The number of amides is 1. The lowest BCUT2D eigenvalue weighted by atomic mass is 9.96. The summed E-state index contributed by atoms with van der Waals surface area (Å²) in [6.45, 7) is 1.59. The van der Waals surface area contributed by atoms with Gasteiger partial charge in [-0.25, -0.2) is 0 Å². The first kappa shape index (κ1) is 79.2. The molecule has 12 N–H and O–H groups in total. The number of carbonyl (C=O) groups excluding carboxylic acids is 1. The van der Waals surface area contributed by atoms with Gasteiger partial charge in [-0.15, -0.1) is 0 Å². The van der Waals surface area contributed by atoms with Crippen molar-refractivity contribution < 1.29 is 89.4 Å². The number of rotatable bonds is 50. The minimum Gasteiger partial charge on any atom is -0.394 e. The van der Waals surface area contributed by atoms with Gasteiger partial charge in [-0.1, -0.05) is 221 Å². The predicted molar refractivity (Wildman–Crippen MR) is 341 cm³/mol. The van der Waals surface area contributed by atoms with E-state index in [1.165, 1.54) is 89.9 Å². The van der Waals surface area contributed by atoms with Gasteiger partial charge in [0.05, 0.1) is 38.6 Å². The van der Waals surface area contributed by atoms with E-state index in [0.717, 1.165) is 96.3 Å². The minimum absolute atomic E-state index is 0.236. The fraction of sp³-hybridized carbons (Fsp3) is 0.783. The van der Waals surface area contributed by atoms with Crippen molar-refractivity contribution in [2.24, 2.45) is 0 Å². The molecule has 0 saturated carbocycles. The van der Waals surface area contributed by atoms with E-state index < -0.39 is 124 Å². The number of nitrogens with one attached hydrogen (secondary N) is 1. The van der Waals surface area contributed by atoms with Crippen LogP contribution in [0.3, 0.4) is 0 Å². The molecule has 3 fully saturated rings. The molecule has 19 nitrogen and oxygen atoms in total. The van der Waals surface area contributed by atoms with E-state index in [1.54, 1.807) is 6.08 Å². The first-order valence-electron chi connectivity index (χ1n) is 33.8. The average Bonchev–Trinajstić information content (AvgIpc) is 1.54. The van der Waals surface area contributed by atoms with Crippen LogP contribution in [0.5, 0.6) is 0 Å². The van der Waals surface area contributed by atoms with Gasteiger partial charge in [0, 0.05) is 6.42 Å². The Morgan fingerprint density at radius 2 is 0.784 bits per heavy atom. The van der Waals surface area contributed by atoms with Crippen LogP contribution in [-0.2, 0) is 33.2 Å². The van der Waals surface area contributed by atoms with Gasteiger partial charge in [0.25, 0.3) is 0 Å². The van der Waals surface area contributed by atoms with Gasteiger partial charge in [0.1, 0.15) is 73.2 Å². The third-order valence-corrected chi connectivity index (χ3v) is 16.4. The summed E-state index contributed by atoms with van der Waals surface area (Å²) in [5.41, 5.74) is 0. The summed E-state index contributed by atoms with van der Waals surface area (Å²) in [5, 5.41) is 120. The molecule has 3 saturated heterocycles. The maximum Gasteiger partial charge on any atom is 0.220 e. The van der Waals surface area contributed by atoms with Gasteiger partial charge in [-0.3, -0.25) is 4.79 Å². The summed E-state index contributed by atoms with van der Waals surface area (Å²) < 4.78 is 34.3. The lowest BCUT2D eigenvalue weighted by Crippen LogP contribution is -2.66. The van der Waals surface area contributed by atoms with E-state index in [9.17, 15) is 61.0 Å². The van der Waals surface area contributed by atoms with Crippen LogP contribution in [0.4, 0.5) is 0 Å². The number of hydrogen-bond acceptors (Lipinski definition) is 18. The van der Waals surface area contributed by atoms with Crippen LogP contribution in [-0.4, -0.2) is 193 Å². The second-order valence-electron chi connectivity index (χ2n) is 23.9. The molecule has 0 aromatic carbocycles. The standard InChI is InChI=1S/C69H119NO18/c1-3-5-7-9-11-13-15-17-18-19-20-21-22-23-24-25-26-27-28-29-30-31-32-33-34-35-37-39-41-43-45-47-57(75)70-52(53(74)46-44-42-40-38-36-16-14-12-10-8-6-4-2)51-83-67-63(81)60(78)65(55(49-72)85-67)88-69-64(82)61(79)66(56(50-73)86-69)87-68-62(80)59(77)58(76)54(48-71)84-68/h5,7,11,13,17-18,20-21,23-24,26-27,44,46,52-56,58-69,71-74,76-82H,3-4,6,8-10,12,14-16,19,22,25,28-43,45,47-51H2,1-2H3,(H,70,75)/b7-5-,13-11-,18-17-,21-20-,24-23-,27-26-,46-44+. The van der Waals surface area contributed by atoms with Crippen molar-refractivity contribution in [2.45, 2.75) is 317 Å². The summed E-state index contributed by atoms with van der Waals surface area (Å²) in [6, 6.07) is -0.977. The van der Waals surface area contributed by atoms with Gasteiger partial charge in [0.15, 0.2) is 18.9 Å². The molecule has 3 heterocycles. The Kier molecular flexibility index (Phi) is 45.5.